The van der Waals surface area contributed by atoms with Crippen molar-refractivity contribution in [3.05, 3.63) is 64.7 Å². The zero-order valence-electron chi connectivity index (χ0n) is 9.49. The molecule has 1 aliphatic rings. The van der Waals surface area contributed by atoms with Crippen LogP contribution in [0.4, 0.5) is 5.69 Å². The topological polar surface area (TPSA) is 12.0 Å². The summed E-state index contributed by atoms with van der Waals surface area (Å²) in [5, 5.41) is 4.37. The first-order chi connectivity index (χ1) is 8.31. The summed E-state index contributed by atoms with van der Waals surface area (Å²) in [4.78, 5) is 0. The molecule has 2 heteroatoms. The highest BCUT2D eigenvalue weighted by molar-refractivity contribution is 6.30. The minimum atomic E-state index is 0.508. The van der Waals surface area contributed by atoms with E-state index in [2.05, 4.69) is 41.7 Å². The molecular formula is C15H14ClN. The molecule has 17 heavy (non-hydrogen) atoms. The lowest BCUT2D eigenvalue weighted by molar-refractivity contribution is 0.746. The smallest absolute Gasteiger partial charge is 0.0406 e. The first-order valence-electron chi connectivity index (χ1n) is 5.90. The molecule has 1 unspecified atom stereocenters. The minimum Gasteiger partial charge on any atom is -0.381 e. The van der Waals surface area contributed by atoms with E-state index in [0.717, 1.165) is 17.9 Å². The molecule has 0 spiro atoms. The van der Waals surface area contributed by atoms with Gasteiger partial charge in [-0.05, 0) is 42.2 Å². The molecular weight excluding hydrogens is 230 g/mol. The molecule has 2 aromatic carbocycles. The quantitative estimate of drug-likeness (QED) is 0.843. The number of rotatable bonds is 2. The largest absolute Gasteiger partial charge is 0.381 e. The van der Waals surface area contributed by atoms with Crippen LogP contribution in [0.3, 0.4) is 0 Å². The van der Waals surface area contributed by atoms with Gasteiger partial charge in [-0.25, -0.2) is 0 Å². The molecule has 1 heterocycles. The molecule has 0 aliphatic carbocycles. The standard InChI is InChI=1S/C15H14ClN/c16-13-7-5-11(6-8-13)9-14-10-12-3-1-2-4-15(12)17-14/h1-8,14,17H,9-10H2. The van der Waals surface area contributed by atoms with Crippen molar-refractivity contribution < 1.29 is 0 Å². The highest BCUT2D eigenvalue weighted by atomic mass is 35.5. The van der Waals surface area contributed by atoms with Gasteiger partial charge in [0.1, 0.15) is 0 Å². The fraction of sp³-hybridized carbons (Fsp3) is 0.200. The first kappa shape index (κ1) is 10.7. The molecule has 86 valence electrons. The van der Waals surface area contributed by atoms with Crippen LogP contribution >= 0.6 is 11.6 Å². The monoisotopic (exact) mass is 243 g/mol. The Labute approximate surface area is 106 Å². The maximum Gasteiger partial charge on any atom is 0.0406 e. The van der Waals surface area contributed by atoms with Crippen molar-refractivity contribution in [2.24, 2.45) is 0 Å². The Balaban J connectivity index is 1.71. The lowest BCUT2D eigenvalue weighted by atomic mass is 10.0. The SMILES string of the molecule is Clc1ccc(CC2Cc3ccccc3N2)cc1. The molecule has 0 saturated carbocycles. The van der Waals surface area contributed by atoms with Crippen molar-refractivity contribution in [1.82, 2.24) is 0 Å². The molecule has 0 aromatic heterocycles. The Bertz CT molecular complexity index is 494. The third-order valence-electron chi connectivity index (χ3n) is 3.24. The third-order valence-corrected chi connectivity index (χ3v) is 3.49. The zero-order valence-corrected chi connectivity index (χ0v) is 10.2. The van der Waals surface area contributed by atoms with E-state index in [1.165, 1.54) is 16.8 Å². The number of fused-ring (bicyclic) bond motifs is 1. The predicted molar refractivity (Wildman–Crippen MR) is 72.7 cm³/mol. The molecule has 2 aromatic rings. The van der Waals surface area contributed by atoms with Crippen LogP contribution in [0.15, 0.2) is 48.5 Å². The molecule has 1 atom stereocenters. The van der Waals surface area contributed by atoms with E-state index in [9.17, 15) is 0 Å². The maximum absolute atomic E-state index is 5.89. The van der Waals surface area contributed by atoms with E-state index in [1.807, 2.05) is 12.1 Å². The Morgan fingerprint density at radius 3 is 2.59 bits per heavy atom. The molecule has 0 saturated heterocycles. The van der Waals surface area contributed by atoms with Crippen LogP contribution in [0.25, 0.3) is 0 Å². The number of halogens is 1. The van der Waals surface area contributed by atoms with E-state index in [4.69, 9.17) is 11.6 Å². The second-order valence-electron chi connectivity index (χ2n) is 4.53. The van der Waals surface area contributed by atoms with Crippen molar-refractivity contribution in [3.63, 3.8) is 0 Å². The molecule has 0 radical (unpaired) electrons. The van der Waals surface area contributed by atoms with Gasteiger partial charge in [-0.15, -0.1) is 0 Å². The molecule has 1 aliphatic heterocycles. The van der Waals surface area contributed by atoms with Crippen molar-refractivity contribution >= 4 is 17.3 Å². The normalized spacial score (nSPS) is 17.6. The number of benzene rings is 2. The second kappa shape index (κ2) is 4.42. The van der Waals surface area contributed by atoms with Gasteiger partial charge >= 0.3 is 0 Å². The Kier molecular flexibility index (Phi) is 2.77. The fourth-order valence-corrected chi connectivity index (χ4v) is 2.53. The lowest BCUT2D eigenvalue weighted by Gasteiger charge is -2.11. The van der Waals surface area contributed by atoms with Gasteiger partial charge in [0.2, 0.25) is 0 Å². The molecule has 1 N–H and O–H groups in total. The Hall–Kier alpha value is -1.47. The van der Waals surface area contributed by atoms with Gasteiger partial charge in [-0.1, -0.05) is 41.9 Å². The average molecular weight is 244 g/mol. The van der Waals surface area contributed by atoms with Gasteiger partial charge in [0, 0.05) is 16.8 Å². The molecule has 0 bridgehead atoms. The van der Waals surface area contributed by atoms with Crippen molar-refractivity contribution in [2.45, 2.75) is 18.9 Å². The highest BCUT2D eigenvalue weighted by Crippen LogP contribution is 2.26. The van der Waals surface area contributed by atoms with Gasteiger partial charge in [0.05, 0.1) is 0 Å². The van der Waals surface area contributed by atoms with E-state index >= 15 is 0 Å². The summed E-state index contributed by atoms with van der Waals surface area (Å²) in [5.41, 5.74) is 4.04. The highest BCUT2D eigenvalue weighted by Gasteiger charge is 2.19. The number of hydrogen-bond acceptors (Lipinski definition) is 1. The van der Waals surface area contributed by atoms with Crippen molar-refractivity contribution in [1.29, 1.82) is 0 Å². The zero-order chi connectivity index (χ0) is 11.7. The summed E-state index contributed by atoms with van der Waals surface area (Å²) >= 11 is 5.89. The van der Waals surface area contributed by atoms with Gasteiger partial charge in [0.25, 0.3) is 0 Å². The number of nitrogens with one attached hydrogen (secondary N) is 1. The van der Waals surface area contributed by atoms with Crippen LogP contribution in [0.5, 0.6) is 0 Å². The van der Waals surface area contributed by atoms with Gasteiger partial charge in [-0.3, -0.25) is 0 Å². The van der Waals surface area contributed by atoms with E-state index in [0.29, 0.717) is 6.04 Å². The van der Waals surface area contributed by atoms with Gasteiger partial charge < -0.3 is 5.32 Å². The van der Waals surface area contributed by atoms with Gasteiger partial charge in [0.15, 0.2) is 0 Å². The number of hydrogen-bond donors (Lipinski definition) is 1. The van der Waals surface area contributed by atoms with Crippen LogP contribution < -0.4 is 5.32 Å². The summed E-state index contributed by atoms with van der Waals surface area (Å²) in [7, 11) is 0. The summed E-state index contributed by atoms with van der Waals surface area (Å²) < 4.78 is 0. The molecule has 1 nitrogen and oxygen atoms in total. The van der Waals surface area contributed by atoms with E-state index in [-0.39, 0.29) is 0 Å². The van der Waals surface area contributed by atoms with Crippen LogP contribution in [0, 0.1) is 0 Å². The average Bonchev–Trinajstić information content (AvgIpc) is 2.74. The van der Waals surface area contributed by atoms with Crippen LogP contribution in [0.1, 0.15) is 11.1 Å². The fourth-order valence-electron chi connectivity index (χ4n) is 2.40. The summed E-state index contributed by atoms with van der Waals surface area (Å²) in [6, 6.07) is 17.2. The van der Waals surface area contributed by atoms with Gasteiger partial charge in [-0.2, -0.15) is 0 Å². The lowest BCUT2D eigenvalue weighted by Crippen LogP contribution is -2.18. The Morgan fingerprint density at radius 1 is 1.06 bits per heavy atom. The van der Waals surface area contributed by atoms with Crippen LogP contribution in [-0.2, 0) is 12.8 Å². The third kappa shape index (κ3) is 2.29. The number of para-hydroxylation sites is 1. The molecule has 0 fully saturated rings. The maximum atomic E-state index is 5.89. The summed E-state index contributed by atoms with van der Waals surface area (Å²) in [5.74, 6) is 0. The van der Waals surface area contributed by atoms with E-state index in [1.54, 1.807) is 0 Å². The summed E-state index contributed by atoms with van der Waals surface area (Å²) in [6.07, 6.45) is 2.16. The Morgan fingerprint density at radius 2 is 1.82 bits per heavy atom. The van der Waals surface area contributed by atoms with Crippen LogP contribution in [-0.4, -0.2) is 6.04 Å². The second-order valence-corrected chi connectivity index (χ2v) is 4.97. The van der Waals surface area contributed by atoms with Crippen molar-refractivity contribution in [3.8, 4) is 0 Å². The summed E-state index contributed by atoms with van der Waals surface area (Å²) in [6.45, 7) is 0. The minimum absolute atomic E-state index is 0.508. The first-order valence-corrected chi connectivity index (χ1v) is 6.28. The molecule has 0 amide bonds. The number of anilines is 1. The van der Waals surface area contributed by atoms with E-state index < -0.39 is 0 Å². The van der Waals surface area contributed by atoms with Crippen LogP contribution in [0.2, 0.25) is 5.02 Å². The predicted octanol–water partition coefficient (Wildman–Crippen LogP) is 3.92. The molecule has 3 rings (SSSR count). The van der Waals surface area contributed by atoms with Crippen molar-refractivity contribution in [2.75, 3.05) is 5.32 Å².